The number of carbonyl (C=O) groups excluding carboxylic acids is 1. The van der Waals surface area contributed by atoms with Gasteiger partial charge in [-0.2, -0.15) is 0 Å². The molecule has 0 spiro atoms. The molecule has 21 heavy (non-hydrogen) atoms. The number of rotatable bonds is 2. The lowest BCUT2D eigenvalue weighted by Gasteiger charge is -2.10. The monoisotopic (exact) mass is 275 g/mol. The molecule has 0 saturated carbocycles. The molecule has 3 aromatic rings. The largest absolute Gasteiger partial charge is 0.293 e. The average Bonchev–Trinajstić information content (AvgIpc) is 2.98. The fraction of sp³-hybridized carbons (Fsp3) is 0.176. The van der Waals surface area contributed by atoms with Crippen LogP contribution in [-0.4, -0.2) is 20.7 Å². The molecule has 1 aliphatic carbocycles. The molecule has 0 aliphatic heterocycles. The lowest BCUT2D eigenvalue weighted by molar-refractivity contribution is 0.0958. The van der Waals surface area contributed by atoms with Crippen LogP contribution in [0.1, 0.15) is 34.0 Å². The van der Waals surface area contributed by atoms with E-state index in [1.165, 1.54) is 5.56 Å². The van der Waals surface area contributed by atoms with Gasteiger partial charge in [-0.15, -0.1) is 0 Å². The Kier molecular flexibility index (Phi) is 2.74. The Morgan fingerprint density at radius 3 is 2.76 bits per heavy atom. The minimum absolute atomic E-state index is 0.125. The van der Waals surface area contributed by atoms with Crippen LogP contribution in [-0.2, 0) is 6.42 Å². The van der Waals surface area contributed by atoms with E-state index >= 15 is 0 Å². The summed E-state index contributed by atoms with van der Waals surface area (Å²) in [6.07, 6.45) is 6.82. The molecule has 1 aliphatic rings. The lowest BCUT2D eigenvalue weighted by atomic mass is 9.95. The summed E-state index contributed by atoms with van der Waals surface area (Å²) in [6.45, 7) is 0. The first-order valence-corrected chi connectivity index (χ1v) is 7.02. The molecule has 1 atom stereocenters. The van der Waals surface area contributed by atoms with Gasteiger partial charge in [0.15, 0.2) is 5.78 Å². The van der Waals surface area contributed by atoms with Crippen molar-refractivity contribution in [2.75, 3.05) is 0 Å². The number of benzene rings is 1. The maximum atomic E-state index is 12.8. The smallest absolute Gasteiger partial charge is 0.171 e. The molecule has 0 amide bonds. The third-order valence-electron chi connectivity index (χ3n) is 4.03. The second-order valence-corrected chi connectivity index (χ2v) is 5.26. The SMILES string of the molecule is O=C(c1ccc2nccnc2c1)C1CCc2cccnc21. The van der Waals surface area contributed by atoms with E-state index in [1.807, 2.05) is 24.3 Å². The summed E-state index contributed by atoms with van der Waals surface area (Å²) in [5.74, 6) is -0.00433. The molecule has 4 heteroatoms. The number of Topliss-reactive ketones (excluding diaryl/α,β-unsaturated/α-hetero) is 1. The molecule has 0 radical (unpaired) electrons. The summed E-state index contributed by atoms with van der Waals surface area (Å²) >= 11 is 0. The summed E-state index contributed by atoms with van der Waals surface area (Å²) in [4.78, 5) is 25.7. The fourth-order valence-corrected chi connectivity index (χ4v) is 2.99. The standard InChI is InChI=1S/C17H13N3O/c21-17(13-5-3-11-2-1-7-20-16(11)13)12-4-6-14-15(10-12)19-9-8-18-14/h1-2,4,6-10,13H,3,5H2. The van der Waals surface area contributed by atoms with Crippen LogP contribution in [0.15, 0.2) is 48.9 Å². The third kappa shape index (κ3) is 2.00. The van der Waals surface area contributed by atoms with Crippen LogP contribution in [0.4, 0.5) is 0 Å². The van der Waals surface area contributed by atoms with Crippen LogP contribution in [0, 0.1) is 0 Å². The van der Waals surface area contributed by atoms with Gasteiger partial charge >= 0.3 is 0 Å². The van der Waals surface area contributed by atoms with E-state index in [2.05, 4.69) is 21.0 Å². The van der Waals surface area contributed by atoms with Gasteiger partial charge in [-0.25, -0.2) is 0 Å². The summed E-state index contributed by atoms with van der Waals surface area (Å²) in [5, 5.41) is 0. The Morgan fingerprint density at radius 1 is 1.00 bits per heavy atom. The zero-order valence-corrected chi connectivity index (χ0v) is 11.4. The molecule has 0 N–H and O–H groups in total. The Balaban J connectivity index is 1.74. The van der Waals surface area contributed by atoms with E-state index < -0.39 is 0 Å². The number of fused-ring (bicyclic) bond motifs is 2. The Labute approximate surface area is 121 Å². The highest BCUT2D eigenvalue weighted by molar-refractivity contribution is 6.03. The van der Waals surface area contributed by atoms with Crippen molar-refractivity contribution in [2.24, 2.45) is 0 Å². The summed E-state index contributed by atoms with van der Waals surface area (Å²) in [7, 11) is 0. The Bertz CT molecular complexity index is 844. The zero-order chi connectivity index (χ0) is 14.2. The number of ketones is 1. The molecule has 1 unspecified atom stereocenters. The maximum Gasteiger partial charge on any atom is 0.171 e. The topological polar surface area (TPSA) is 55.7 Å². The van der Waals surface area contributed by atoms with Gasteiger partial charge in [-0.3, -0.25) is 19.7 Å². The van der Waals surface area contributed by atoms with Gasteiger partial charge in [0, 0.05) is 24.2 Å². The first-order chi connectivity index (χ1) is 10.3. The second kappa shape index (κ2) is 4.74. The normalized spacial score (nSPS) is 16.9. The van der Waals surface area contributed by atoms with Gasteiger partial charge in [-0.05, 0) is 42.7 Å². The molecular formula is C17H13N3O. The van der Waals surface area contributed by atoms with E-state index in [4.69, 9.17) is 0 Å². The number of nitrogens with zero attached hydrogens (tertiary/aromatic N) is 3. The van der Waals surface area contributed by atoms with Crippen LogP contribution in [0.25, 0.3) is 11.0 Å². The molecular weight excluding hydrogens is 262 g/mol. The van der Waals surface area contributed by atoms with E-state index in [-0.39, 0.29) is 11.7 Å². The van der Waals surface area contributed by atoms with Crippen LogP contribution in [0.2, 0.25) is 0 Å². The van der Waals surface area contributed by atoms with Crippen molar-refractivity contribution in [3.63, 3.8) is 0 Å². The van der Waals surface area contributed by atoms with E-state index in [1.54, 1.807) is 18.6 Å². The fourth-order valence-electron chi connectivity index (χ4n) is 2.99. The molecule has 0 bridgehead atoms. The van der Waals surface area contributed by atoms with E-state index in [0.717, 1.165) is 29.6 Å². The van der Waals surface area contributed by atoms with E-state index in [0.29, 0.717) is 5.56 Å². The summed E-state index contributed by atoms with van der Waals surface area (Å²) in [6, 6.07) is 9.49. The molecule has 1 aromatic carbocycles. The molecule has 102 valence electrons. The highest BCUT2D eigenvalue weighted by Crippen LogP contribution is 2.34. The Morgan fingerprint density at radius 2 is 1.86 bits per heavy atom. The Hall–Kier alpha value is -2.62. The van der Waals surface area contributed by atoms with Crippen molar-refractivity contribution in [3.05, 3.63) is 65.7 Å². The molecule has 2 heterocycles. The number of aryl methyl sites for hydroxylation is 1. The van der Waals surface area contributed by atoms with Gasteiger partial charge in [-0.1, -0.05) is 6.07 Å². The van der Waals surface area contributed by atoms with E-state index in [9.17, 15) is 4.79 Å². The van der Waals surface area contributed by atoms with Crippen molar-refractivity contribution in [1.82, 2.24) is 15.0 Å². The molecule has 4 nitrogen and oxygen atoms in total. The lowest BCUT2D eigenvalue weighted by Crippen LogP contribution is -2.11. The van der Waals surface area contributed by atoms with Crippen molar-refractivity contribution >= 4 is 16.8 Å². The van der Waals surface area contributed by atoms with Gasteiger partial charge in [0.1, 0.15) is 0 Å². The first kappa shape index (κ1) is 12.1. The van der Waals surface area contributed by atoms with Crippen molar-refractivity contribution in [2.45, 2.75) is 18.8 Å². The van der Waals surface area contributed by atoms with Gasteiger partial charge < -0.3 is 0 Å². The molecule has 0 saturated heterocycles. The van der Waals surface area contributed by atoms with Crippen LogP contribution in [0.3, 0.4) is 0 Å². The number of carbonyl (C=O) groups is 1. The quantitative estimate of drug-likeness (QED) is 0.675. The first-order valence-electron chi connectivity index (χ1n) is 7.02. The number of pyridine rings is 1. The minimum atomic E-state index is -0.129. The predicted molar refractivity (Wildman–Crippen MR) is 79.2 cm³/mol. The maximum absolute atomic E-state index is 12.8. The molecule has 2 aromatic heterocycles. The highest BCUT2D eigenvalue weighted by Gasteiger charge is 2.30. The number of hydrogen-bond donors (Lipinski definition) is 0. The van der Waals surface area contributed by atoms with Crippen LogP contribution < -0.4 is 0 Å². The molecule has 4 rings (SSSR count). The van der Waals surface area contributed by atoms with Crippen LogP contribution >= 0.6 is 0 Å². The zero-order valence-electron chi connectivity index (χ0n) is 11.4. The van der Waals surface area contributed by atoms with Crippen molar-refractivity contribution < 1.29 is 4.79 Å². The van der Waals surface area contributed by atoms with Gasteiger partial charge in [0.2, 0.25) is 0 Å². The number of hydrogen-bond acceptors (Lipinski definition) is 4. The van der Waals surface area contributed by atoms with Crippen molar-refractivity contribution in [3.8, 4) is 0 Å². The summed E-state index contributed by atoms with van der Waals surface area (Å²) < 4.78 is 0. The molecule has 0 fully saturated rings. The number of aromatic nitrogens is 3. The van der Waals surface area contributed by atoms with Gasteiger partial charge in [0.05, 0.1) is 22.6 Å². The highest BCUT2D eigenvalue weighted by atomic mass is 16.1. The minimum Gasteiger partial charge on any atom is -0.293 e. The van der Waals surface area contributed by atoms with Crippen LogP contribution in [0.5, 0.6) is 0 Å². The average molecular weight is 275 g/mol. The predicted octanol–water partition coefficient (Wildman–Crippen LogP) is 2.94. The second-order valence-electron chi connectivity index (χ2n) is 5.26. The third-order valence-corrected chi connectivity index (χ3v) is 4.03. The van der Waals surface area contributed by atoms with Crippen molar-refractivity contribution in [1.29, 1.82) is 0 Å². The summed E-state index contributed by atoms with van der Waals surface area (Å²) in [5.41, 5.74) is 4.37. The van der Waals surface area contributed by atoms with Gasteiger partial charge in [0.25, 0.3) is 0 Å².